The van der Waals surface area contributed by atoms with Gasteiger partial charge in [0.05, 0.1) is 17.2 Å². The molecule has 1 N–H and O–H groups in total. The standard InChI is InChI=1S/C25H26BrN3O4/c1-15(2)32-21-7-6-16(12-20(21)26)24-27-23(28-33-24)18-4-3-5-19-17(18)8-9-25(19)13-22(31)29(14-25)10-11-30/h3-7,12,15,30H,8-11,13-14H2,1-2H3. The molecule has 1 aliphatic carbocycles. The molecule has 33 heavy (non-hydrogen) atoms. The third kappa shape index (κ3) is 3.95. The molecule has 1 atom stereocenters. The average Bonchev–Trinajstić information content (AvgIpc) is 3.48. The molecule has 0 bridgehead atoms. The van der Waals surface area contributed by atoms with Crippen LogP contribution in [0, 0.1) is 0 Å². The number of benzene rings is 2. The molecule has 1 fully saturated rings. The van der Waals surface area contributed by atoms with Crippen LogP contribution in [-0.2, 0) is 16.6 Å². The molecule has 1 unspecified atom stereocenters. The second-order valence-electron chi connectivity index (χ2n) is 9.06. The highest BCUT2D eigenvalue weighted by atomic mass is 79.9. The Morgan fingerprint density at radius 1 is 1.30 bits per heavy atom. The lowest BCUT2D eigenvalue weighted by molar-refractivity contribution is -0.128. The van der Waals surface area contributed by atoms with E-state index in [0.29, 0.717) is 31.2 Å². The number of carbonyl (C=O) groups excluding carboxylic acids is 1. The van der Waals surface area contributed by atoms with Crippen molar-refractivity contribution >= 4 is 21.8 Å². The van der Waals surface area contributed by atoms with E-state index in [0.717, 1.165) is 34.2 Å². The lowest BCUT2D eigenvalue weighted by Gasteiger charge is -2.24. The molecular weight excluding hydrogens is 486 g/mol. The molecule has 2 aliphatic rings. The predicted octanol–water partition coefficient (Wildman–Crippen LogP) is 4.36. The summed E-state index contributed by atoms with van der Waals surface area (Å²) in [5.74, 6) is 1.87. The molecule has 1 spiro atoms. The van der Waals surface area contributed by atoms with Crippen LogP contribution >= 0.6 is 15.9 Å². The first-order valence-corrected chi connectivity index (χ1v) is 12.0. The zero-order chi connectivity index (χ0) is 23.2. The molecular formula is C25H26BrN3O4. The molecule has 5 rings (SSSR count). The van der Waals surface area contributed by atoms with Crippen molar-refractivity contribution in [2.24, 2.45) is 0 Å². The van der Waals surface area contributed by atoms with E-state index in [-0.39, 0.29) is 24.0 Å². The Balaban J connectivity index is 1.45. The van der Waals surface area contributed by atoms with E-state index in [4.69, 9.17) is 9.26 Å². The SMILES string of the molecule is CC(C)Oc1ccc(-c2nc(-c3cccc4c3CCC43CC(=O)N(CCO)C3)no2)cc1Br. The van der Waals surface area contributed by atoms with Crippen molar-refractivity contribution in [1.29, 1.82) is 0 Å². The van der Waals surface area contributed by atoms with Crippen LogP contribution in [0.1, 0.15) is 37.8 Å². The first-order valence-electron chi connectivity index (χ1n) is 11.2. The van der Waals surface area contributed by atoms with Gasteiger partial charge in [-0.15, -0.1) is 0 Å². The maximum absolute atomic E-state index is 12.5. The number of β-amino-alcohol motifs (C(OH)–C–C–N with tert-alkyl or cyclic N) is 1. The minimum absolute atomic E-state index is 0.0129. The molecule has 1 amide bonds. The summed E-state index contributed by atoms with van der Waals surface area (Å²) >= 11 is 3.56. The lowest BCUT2D eigenvalue weighted by atomic mass is 9.80. The number of nitrogens with zero attached hydrogens (tertiary/aromatic N) is 3. The highest BCUT2D eigenvalue weighted by Crippen LogP contribution is 2.48. The molecule has 172 valence electrons. The van der Waals surface area contributed by atoms with Gasteiger partial charge in [0.2, 0.25) is 11.7 Å². The Bertz CT molecular complexity index is 1210. The van der Waals surface area contributed by atoms with Gasteiger partial charge in [-0.05, 0) is 71.9 Å². The van der Waals surface area contributed by atoms with Gasteiger partial charge in [-0.3, -0.25) is 4.79 Å². The number of ether oxygens (including phenoxy) is 1. The summed E-state index contributed by atoms with van der Waals surface area (Å²) in [6.07, 6.45) is 2.33. The van der Waals surface area contributed by atoms with Crippen LogP contribution in [0.4, 0.5) is 0 Å². The van der Waals surface area contributed by atoms with Crippen LogP contribution < -0.4 is 4.74 Å². The average molecular weight is 512 g/mol. The van der Waals surface area contributed by atoms with Crippen LogP contribution in [0.25, 0.3) is 22.8 Å². The van der Waals surface area contributed by atoms with Gasteiger partial charge in [0.25, 0.3) is 5.89 Å². The lowest BCUT2D eigenvalue weighted by Crippen LogP contribution is -2.32. The first kappa shape index (κ1) is 22.1. The van der Waals surface area contributed by atoms with Crippen LogP contribution in [0.2, 0.25) is 0 Å². The number of halogens is 1. The number of carbonyl (C=O) groups is 1. The van der Waals surface area contributed by atoms with E-state index < -0.39 is 0 Å². The Labute approximate surface area is 200 Å². The van der Waals surface area contributed by atoms with Crippen molar-refractivity contribution in [3.8, 4) is 28.6 Å². The van der Waals surface area contributed by atoms with Crippen LogP contribution in [0.5, 0.6) is 5.75 Å². The first-order chi connectivity index (χ1) is 15.9. The molecule has 1 aliphatic heterocycles. The van der Waals surface area contributed by atoms with Gasteiger partial charge < -0.3 is 19.3 Å². The highest BCUT2D eigenvalue weighted by molar-refractivity contribution is 9.10. The molecule has 0 saturated carbocycles. The number of rotatable bonds is 6. The number of hydrogen-bond donors (Lipinski definition) is 1. The summed E-state index contributed by atoms with van der Waals surface area (Å²) in [4.78, 5) is 19.0. The summed E-state index contributed by atoms with van der Waals surface area (Å²) < 4.78 is 12.2. The van der Waals surface area contributed by atoms with Crippen molar-refractivity contribution in [3.05, 3.63) is 52.0 Å². The largest absolute Gasteiger partial charge is 0.490 e. The quantitative estimate of drug-likeness (QED) is 0.528. The van der Waals surface area contributed by atoms with Crippen LogP contribution in [0.15, 0.2) is 45.4 Å². The number of amides is 1. The van der Waals surface area contributed by atoms with Crippen molar-refractivity contribution in [2.75, 3.05) is 19.7 Å². The van der Waals surface area contributed by atoms with Gasteiger partial charge in [0.1, 0.15) is 5.75 Å². The number of hydrogen-bond acceptors (Lipinski definition) is 6. The van der Waals surface area contributed by atoms with Crippen molar-refractivity contribution < 1.29 is 19.2 Å². The number of fused-ring (bicyclic) bond motifs is 2. The molecule has 0 radical (unpaired) electrons. The van der Waals surface area contributed by atoms with Crippen molar-refractivity contribution in [3.63, 3.8) is 0 Å². The van der Waals surface area contributed by atoms with E-state index in [2.05, 4.69) is 32.1 Å². The zero-order valence-corrected chi connectivity index (χ0v) is 20.3. The molecule has 8 heteroatoms. The van der Waals surface area contributed by atoms with Crippen molar-refractivity contribution in [1.82, 2.24) is 15.0 Å². The highest BCUT2D eigenvalue weighted by Gasteiger charge is 2.48. The maximum Gasteiger partial charge on any atom is 0.258 e. The van der Waals surface area contributed by atoms with E-state index in [9.17, 15) is 9.90 Å². The predicted molar refractivity (Wildman–Crippen MR) is 127 cm³/mol. The second kappa shape index (κ2) is 8.57. The summed E-state index contributed by atoms with van der Waals surface area (Å²) in [6.45, 7) is 5.00. The van der Waals surface area contributed by atoms with Crippen LogP contribution in [0.3, 0.4) is 0 Å². The number of aromatic nitrogens is 2. The van der Waals surface area contributed by atoms with E-state index in [1.54, 1.807) is 4.90 Å². The summed E-state index contributed by atoms with van der Waals surface area (Å²) in [6, 6.07) is 11.9. The third-order valence-corrected chi connectivity index (χ3v) is 7.13. The van der Waals surface area contributed by atoms with Gasteiger partial charge in [-0.25, -0.2) is 0 Å². The third-order valence-electron chi connectivity index (χ3n) is 6.52. The summed E-state index contributed by atoms with van der Waals surface area (Å²) in [7, 11) is 0. The Morgan fingerprint density at radius 3 is 2.91 bits per heavy atom. The fraction of sp³-hybridized carbons (Fsp3) is 0.400. The van der Waals surface area contributed by atoms with Crippen LogP contribution in [-0.4, -0.2) is 51.9 Å². The maximum atomic E-state index is 12.5. The van der Waals surface area contributed by atoms with E-state index >= 15 is 0 Å². The zero-order valence-electron chi connectivity index (χ0n) is 18.7. The van der Waals surface area contributed by atoms with Gasteiger partial charge in [-0.2, -0.15) is 4.98 Å². The molecule has 1 aromatic heterocycles. The Hall–Kier alpha value is -2.71. The second-order valence-corrected chi connectivity index (χ2v) is 9.92. The fourth-order valence-electron chi connectivity index (χ4n) is 5.08. The topological polar surface area (TPSA) is 88.7 Å². The molecule has 2 heterocycles. The molecule has 3 aromatic rings. The summed E-state index contributed by atoms with van der Waals surface area (Å²) in [5.41, 5.74) is 3.94. The van der Waals surface area contributed by atoms with Gasteiger partial charge >= 0.3 is 0 Å². The molecule has 2 aromatic carbocycles. The Kier molecular flexibility index (Phi) is 5.74. The molecule has 1 saturated heterocycles. The number of aliphatic hydroxyl groups excluding tert-OH is 1. The number of likely N-dealkylation sites (tertiary alicyclic amines) is 1. The molecule has 7 nitrogen and oxygen atoms in total. The number of aliphatic hydroxyl groups is 1. The monoisotopic (exact) mass is 511 g/mol. The van der Waals surface area contributed by atoms with E-state index in [1.165, 1.54) is 11.1 Å². The summed E-state index contributed by atoms with van der Waals surface area (Å²) in [5, 5.41) is 13.6. The van der Waals surface area contributed by atoms with Gasteiger partial charge in [0.15, 0.2) is 0 Å². The minimum Gasteiger partial charge on any atom is -0.490 e. The Morgan fingerprint density at radius 2 is 2.15 bits per heavy atom. The normalized spacial score (nSPS) is 19.7. The van der Waals surface area contributed by atoms with E-state index in [1.807, 2.05) is 44.2 Å². The van der Waals surface area contributed by atoms with Gasteiger partial charge in [0, 0.05) is 36.1 Å². The fourth-order valence-corrected chi connectivity index (χ4v) is 5.55. The minimum atomic E-state index is -0.193. The smallest absolute Gasteiger partial charge is 0.258 e. The van der Waals surface area contributed by atoms with Gasteiger partial charge in [-0.1, -0.05) is 23.4 Å². The van der Waals surface area contributed by atoms with Crippen molar-refractivity contribution in [2.45, 2.75) is 44.6 Å².